The molecule has 2 aromatic rings. The number of nitrogens with zero attached hydrogens (tertiary/aromatic N) is 3. The lowest BCUT2D eigenvalue weighted by Crippen LogP contribution is -2.40. The van der Waals surface area contributed by atoms with E-state index in [1.165, 1.54) is 11.1 Å². The van der Waals surface area contributed by atoms with Gasteiger partial charge in [-0.3, -0.25) is 14.7 Å². The maximum atomic E-state index is 12.9. The van der Waals surface area contributed by atoms with Crippen LogP contribution in [-0.2, 0) is 4.79 Å². The third kappa shape index (κ3) is 5.37. The van der Waals surface area contributed by atoms with Crippen LogP contribution in [0.5, 0.6) is 0 Å². The Bertz CT molecular complexity index is 762. The maximum Gasteiger partial charge on any atom is 0.234 e. The molecule has 1 fully saturated rings. The molecule has 5 nitrogen and oxygen atoms in total. The zero-order valence-electron chi connectivity index (χ0n) is 16.6. The van der Waals surface area contributed by atoms with Gasteiger partial charge in [-0.2, -0.15) is 0 Å². The second-order valence-electron chi connectivity index (χ2n) is 7.58. The number of likely N-dealkylation sites (N-methyl/N-ethyl adjacent to an activating group) is 1. The Kier molecular flexibility index (Phi) is 6.58. The second-order valence-corrected chi connectivity index (χ2v) is 7.58. The van der Waals surface area contributed by atoms with Gasteiger partial charge in [-0.25, -0.2) is 0 Å². The van der Waals surface area contributed by atoms with E-state index in [1.54, 1.807) is 6.20 Å². The van der Waals surface area contributed by atoms with Crippen LogP contribution in [0.1, 0.15) is 34.7 Å². The smallest absolute Gasteiger partial charge is 0.234 e. The standard InChI is InChI=1S/C22H30N4O/c1-17-7-8-20(18(2)14-17)22(19-6-4-9-23-15-19)24-21(27)16-26-11-5-10-25(3)12-13-26/h4,6-9,14-15,22H,5,10-13,16H2,1-3H3,(H,24,27)/t22-/m0/s1. The van der Waals surface area contributed by atoms with Crippen LogP contribution in [0.2, 0.25) is 0 Å². The summed E-state index contributed by atoms with van der Waals surface area (Å²) in [6.07, 6.45) is 4.70. The molecule has 1 aliphatic rings. The van der Waals surface area contributed by atoms with E-state index >= 15 is 0 Å². The maximum absolute atomic E-state index is 12.9. The molecule has 0 spiro atoms. The third-order valence-electron chi connectivity index (χ3n) is 5.24. The number of hydrogen-bond acceptors (Lipinski definition) is 4. The van der Waals surface area contributed by atoms with Gasteiger partial charge in [0.2, 0.25) is 5.91 Å². The number of amides is 1. The molecule has 1 aromatic carbocycles. The number of aromatic nitrogens is 1. The van der Waals surface area contributed by atoms with Crippen LogP contribution in [0.25, 0.3) is 0 Å². The Balaban J connectivity index is 1.76. The highest BCUT2D eigenvalue weighted by atomic mass is 16.2. The Labute approximate surface area is 162 Å². The van der Waals surface area contributed by atoms with E-state index in [-0.39, 0.29) is 11.9 Å². The molecule has 1 N–H and O–H groups in total. The van der Waals surface area contributed by atoms with Crippen LogP contribution in [0, 0.1) is 13.8 Å². The number of nitrogens with one attached hydrogen (secondary N) is 1. The Morgan fingerprint density at radius 3 is 2.78 bits per heavy atom. The first kappa shape index (κ1) is 19.5. The van der Waals surface area contributed by atoms with Gasteiger partial charge in [0.1, 0.15) is 0 Å². The van der Waals surface area contributed by atoms with E-state index in [9.17, 15) is 4.79 Å². The normalized spacial score (nSPS) is 17.3. The van der Waals surface area contributed by atoms with Crippen molar-refractivity contribution in [3.8, 4) is 0 Å². The first-order chi connectivity index (χ1) is 13.0. The molecule has 1 saturated heterocycles. The summed E-state index contributed by atoms with van der Waals surface area (Å²) in [5.41, 5.74) is 4.53. The minimum absolute atomic E-state index is 0.0633. The average Bonchev–Trinajstić information content (AvgIpc) is 2.85. The fourth-order valence-corrected chi connectivity index (χ4v) is 3.70. The largest absolute Gasteiger partial charge is 0.344 e. The van der Waals surface area contributed by atoms with Crippen molar-refractivity contribution >= 4 is 5.91 Å². The topological polar surface area (TPSA) is 48.5 Å². The van der Waals surface area contributed by atoms with Gasteiger partial charge in [-0.1, -0.05) is 29.8 Å². The van der Waals surface area contributed by atoms with Crippen LogP contribution in [-0.4, -0.2) is 60.5 Å². The van der Waals surface area contributed by atoms with Crippen molar-refractivity contribution in [2.45, 2.75) is 26.3 Å². The molecule has 2 heterocycles. The van der Waals surface area contributed by atoms with Gasteiger partial charge in [-0.05, 0) is 63.2 Å². The molecule has 1 amide bonds. The Hall–Kier alpha value is -2.24. The van der Waals surface area contributed by atoms with Gasteiger partial charge >= 0.3 is 0 Å². The number of benzene rings is 1. The molecule has 1 aliphatic heterocycles. The van der Waals surface area contributed by atoms with Crippen molar-refractivity contribution in [2.24, 2.45) is 0 Å². The molecule has 3 rings (SSSR count). The molecule has 0 saturated carbocycles. The fraction of sp³-hybridized carbons (Fsp3) is 0.455. The average molecular weight is 367 g/mol. The van der Waals surface area contributed by atoms with Gasteiger partial charge in [-0.15, -0.1) is 0 Å². The van der Waals surface area contributed by atoms with Crippen LogP contribution < -0.4 is 5.32 Å². The zero-order valence-corrected chi connectivity index (χ0v) is 16.6. The molecule has 0 radical (unpaired) electrons. The molecule has 0 aliphatic carbocycles. The minimum Gasteiger partial charge on any atom is -0.344 e. The van der Waals surface area contributed by atoms with Crippen molar-refractivity contribution in [2.75, 3.05) is 39.8 Å². The van der Waals surface area contributed by atoms with Crippen molar-refractivity contribution in [3.63, 3.8) is 0 Å². The summed E-state index contributed by atoms with van der Waals surface area (Å²) >= 11 is 0. The zero-order chi connectivity index (χ0) is 19.2. The molecular formula is C22H30N4O. The number of rotatable bonds is 5. The monoisotopic (exact) mass is 366 g/mol. The molecule has 0 unspecified atom stereocenters. The predicted octanol–water partition coefficient (Wildman–Crippen LogP) is 2.54. The summed E-state index contributed by atoms with van der Waals surface area (Å²) in [5.74, 6) is 0.0633. The lowest BCUT2D eigenvalue weighted by molar-refractivity contribution is -0.122. The van der Waals surface area contributed by atoms with Gasteiger partial charge in [0.15, 0.2) is 0 Å². The van der Waals surface area contributed by atoms with Crippen LogP contribution in [0.15, 0.2) is 42.7 Å². The summed E-state index contributed by atoms with van der Waals surface area (Å²) in [6, 6.07) is 10.1. The van der Waals surface area contributed by atoms with Gasteiger partial charge in [0.25, 0.3) is 0 Å². The van der Waals surface area contributed by atoms with Gasteiger partial charge in [0.05, 0.1) is 12.6 Å². The molecular weight excluding hydrogens is 336 g/mol. The van der Waals surface area contributed by atoms with E-state index in [4.69, 9.17) is 0 Å². The number of hydrogen-bond donors (Lipinski definition) is 1. The summed E-state index contributed by atoms with van der Waals surface area (Å²) in [6.45, 7) is 8.64. The van der Waals surface area contributed by atoms with E-state index in [2.05, 4.69) is 59.2 Å². The van der Waals surface area contributed by atoms with Crippen LogP contribution >= 0.6 is 0 Å². The molecule has 1 atom stereocenters. The molecule has 144 valence electrons. The number of aryl methyl sites for hydroxylation is 2. The van der Waals surface area contributed by atoms with Gasteiger partial charge < -0.3 is 10.2 Å². The minimum atomic E-state index is -0.179. The van der Waals surface area contributed by atoms with E-state index < -0.39 is 0 Å². The first-order valence-corrected chi connectivity index (χ1v) is 9.70. The van der Waals surface area contributed by atoms with Crippen molar-refractivity contribution in [3.05, 3.63) is 65.0 Å². The highest BCUT2D eigenvalue weighted by Crippen LogP contribution is 2.25. The van der Waals surface area contributed by atoms with Gasteiger partial charge in [0, 0.05) is 25.5 Å². The second kappa shape index (κ2) is 9.11. The fourth-order valence-electron chi connectivity index (χ4n) is 3.70. The predicted molar refractivity (Wildman–Crippen MR) is 109 cm³/mol. The number of carbonyl (C=O) groups excluding carboxylic acids is 1. The Morgan fingerprint density at radius 1 is 1.19 bits per heavy atom. The van der Waals surface area contributed by atoms with Crippen molar-refractivity contribution in [1.82, 2.24) is 20.1 Å². The Morgan fingerprint density at radius 2 is 2.04 bits per heavy atom. The lowest BCUT2D eigenvalue weighted by Gasteiger charge is -2.24. The SMILES string of the molecule is Cc1ccc([C@@H](NC(=O)CN2CCCN(C)CC2)c2cccnc2)c(C)c1. The quantitative estimate of drug-likeness (QED) is 0.883. The summed E-state index contributed by atoms with van der Waals surface area (Å²) in [4.78, 5) is 21.7. The van der Waals surface area contributed by atoms with E-state index in [1.807, 2.05) is 18.3 Å². The number of pyridine rings is 1. The van der Waals surface area contributed by atoms with E-state index in [0.717, 1.165) is 43.7 Å². The molecule has 27 heavy (non-hydrogen) atoms. The molecule has 5 heteroatoms. The molecule has 1 aromatic heterocycles. The van der Waals surface area contributed by atoms with E-state index in [0.29, 0.717) is 6.54 Å². The van der Waals surface area contributed by atoms with Crippen LogP contribution in [0.3, 0.4) is 0 Å². The third-order valence-corrected chi connectivity index (χ3v) is 5.24. The number of carbonyl (C=O) groups is 1. The lowest BCUT2D eigenvalue weighted by atomic mass is 9.94. The van der Waals surface area contributed by atoms with Crippen LogP contribution in [0.4, 0.5) is 0 Å². The van der Waals surface area contributed by atoms with Crippen molar-refractivity contribution < 1.29 is 4.79 Å². The summed E-state index contributed by atoms with van der Waals surface area (Å²) < 4.78 is 0. The molecule has 0 bridgehead atoms. The highest BCUT2D eigenvalue weighted by molar-refractivity contribution is 5.79. The van der Waals surface area contributed by atoms with Crippen molar-refractivity contribution in [1.29, 1.82) is 0 Å². The summed E-state index contributed by atoms with van der Waals surface area (Å²) in [7, 11) is 2.14. The highest BCUT2D eigenvalue weighted by Gasteiger charge is 2.21. The first-order valence-electron chi connectivity index (χ1n) is 9.70. The summed E-state index contributed by atoms with van der Waals surface area (Å²) in [5, 5.41) is 3.25.